The van der Waals surface area contributed by atoms with Crippen molar-refractivity contribution in [1.82, 2.24) is 10.2 Å². The zero-order chi connectivity index (χ0) is 17.1. The summed E-state index contributed by atoms with van der Waals surface area (Å²) in [7, 11) is 4.03. The van der Waals surface area contributed by atoms with Crippen molar-refractivity contribution in [3.8, 4) is 11.5 Å². The van der Waals surface area contributed by atoms with Crippen LogP contribution < -0.4 is 14.8 Å². The molecule has 0 heterocycles. The Hall–Kier alpha value is -2.01. The van der Waals surface area contributed by atoms with Gasteiger partial charge in [-0.25, -0.2) is 0 Å². The molecule has 0 saturated carbocycles. The van der Waals surface area contributed by atoms with Crippen LogP contribution in [0.5, 0.6) is 11.5 Å². The van der Waals surface area contributed by atoms with Crippen molar-refractivity contribution >= 4 is 12.0 Å². The van der Waals surface area contributed by atoms with Gasteiger partial charge in [0.05, 0.1) is 13.2 Å². The average molecular weight is 320 g/mol. The third-order valence-corrected chi connectivity index (χ3v) is 3.08. The van der Waals surface area contributed by atoms with Gasteiger partial charge in [0.25, 0.3) is 0 Å². The van der Waals surface area contributed by atoms with Gasteiger partial charge in [-0.1, -0.05) is 6.07 Å². The minimum Gasteiger partial charge on any atom is -0.490 e. The lowest BCUT2D eigenvalue weighted by Gasteiger charge is -2.11. The van der Waals surface area contributed by atoms with Gasteiger partial charge in [0.2, 0.25) is 5.91 Å². The van der Waals surface area contributed by atoms with Crippen LogP contribution in [0.1, 0.15) is 25.8 Å². The Morgan fingerprint density at radius 3 is 2.52 bits per heavy atom. The van der Waals surface area contributed by atoms with Crippen molar-refractivity contribution in [3.63, 3.8) is 0 Å². The number of rotatable bonds is 10. The SMILES string of the molecule is CCOc1ccc(/C=C/C(=O)NCCCN(C)C)cc1OCC. The molecule has 0 spiro atoms. The number of nitrogens with zero attached hydrogens (tertiary/aromatic N) is 1. The van der Waals surface area contributed by atoms with E-state index in [9.17, 15) is 4.79 Å². The quantitative estimate of drug-likeness (QED) is 0.532. The number of hydrogen-bond donors (Lipinski definition) is 1. The van der Waals surface area contributed by atoms with Crippen molar-refractivity contribution in [1.29, 1.82) is 0 Å². The highest BCUT2D eigenvalue weighted by molar-refractivity contribution is 5.91. The second-order valence-corrected chi connectivity index (χ2v) is 5.35. The summed E-state index contributed by atoms with van der Waals surface area (Å²) < 4.78 is 11.1. The number of hydrogen-bond acceptors (Lipinski definition) is 4. The molecule has 1 N–H and O–H groups in total. The van der Waals surface area contributed by atoms with Gasteiger partial charge in [-0.05, 0) is 64.7 Å². The summed E-state index contributed by atoms with van der Waals surface area (Å²) in [5.74, 6) is 1.33. The van der Waals surface area contributed by atoms with Crippen molar-refractivity contribution < 1.29 is 14.3 Å². The van der Waals surface area contributed by atoms with E-state index in [0.29, 0.717) is 25.5 Å². The largest absolute Gasteiger partial charge is 0.490 e. The molecular weight excluding hydrogens is 292 g/mol. The number of carbonyl (C=O) groups is 1. The van der Waals surface area contributed by atoms with E-state index in [0.717, 1.165) is 24.3 Å². The number of amides is 1. The lowest BCUT2D eigenvalue weighted by atomic mass is 10.2. The Morgan fingerprint density at radius 2 is 1.87 bits per heavy atom. The molecule has 128 valence electrons. The Labute approximate surface area is 139 Å². The summed E-state index contributed by atoms with van der Waals surface area (Å²) in [5, 5.41) is 2.87. The Kier molecular flexibility index (Phi) is 8.83. The number of ether oxygens (including phenoxy) is 2. The maximum atomic E-state index is 11.8. The van der Waals surface area contributed by atoms with E-state index in [1.807, 2.05) is 46.1 Å². The van der Waals surface area contributed by atoms with Crippen molar-refractivity contribution in [3.05, 3.63) is 29.8 Å². The maximum absolute atomic E-state index is 11.8. The molecule has 0 aliphatic carbocycles. The van der Waals surface area contributed by atoms with Crippen LogP contribution in [0.25, 0.3) is 6.08 Å². The van der Waals surface area contributed by atoms with Crippen LogP contribution in [-0.4, -0.2) is 51.2 Å². The highest BCUT2D eigenvalue weighted by Gasteiger charge is 2.05. The van der Waals surface area contributed by atoms with Gasteiger partial charge in [-0.2, -0.15) is 0 Å². The standard InChI is InChI=1S/C18H28N2O3/c1-5-22-16-10-8-15(14-17(16)23-6-2)9-11-18(21)19-12-7-13-20(3)4/h8-11,14H,5-7,12-13H2,1-4H3,(H,19,21)/b11-9+. The van der Waals surface area contributed by atoms with E-state index in [-0.39, 0.29) is 5.91 Å². The molecule has 0 atom stereocenters. The molecule has 0 fully saturated rings. The molecule has 0 aromatic heterocycles. The summed E-state index contributed by atoms with van der Waals surface area (Å²) in [6, 6.07) is 5.65. The van der Waals surface area contributed by atoms with Crippen LogP contribution >= 0.6 is 0 Å². The highest BCUT2D eigenvalue weighted by Crippen LogP contribution is 2.28. The minimum atomic E-state index is -0.0874. The van der Waals surface area contributed by atoms with Gasteiger partial charge >= 0.3 is 0 Å². The van der Waals surface area contributed by atoms with Crippen molar-refractivity contribution in [2.45, 2.75) is 20.3 Å². The molecule has 0 unspecified atom stereocenters. The Balaban J connectivity index is 2.58. The Bertz CT molecular complexity index is 513. The zero-order valence-electron chi connectivity index (χ0n) is 14.6. The van der Waals surface area contributed by atoms with Gasteiger partial charge in [0.1, 0.15) is 0 Å². The van der Waals surface area contributed by atoms with E-state index < -0.39 is 0 Å². The van der Waals surface area contributed by atoms with Gasteiger partial charge in [0.15, 0.2) is 11.5 Å². The summed E-state index contributed by atoms with van der Waals surface area (Å²) in [4.78, 5) is 13.9. The predicted molar refractivity (Wildman–Crippen MR) is 94.0 cm³/mol. The topological polar surface area (TPSA) is 50.8 Å². The third kappa shape index (κ3) is 7.70. The molecule has 5 nitrogen and oxygen atoms in total. The molecule has 0 radical (unpaired) electrons. The third-order valence-electron chi connectivity index (χ3n) is 3.08. The van der Waals surface area contributed by atoms with Crippen molar-refractivity contribution in [2.75, 3.05) is 40.4 Å². The van der Waals surface area contributed by atoms with Gasteiger partial charge in [-0.15, -0.1) is 0 Å². The molecule has 5 heteroatoms. The molecule has 1 rings (SSSR count). The second kappa shape index (κ2) is 10.7. The highest BCUT2D eigenvalue weighted by atomic mass is 16.5. The molecule has 1 aromatic rings. The summed E-state index contributed by atoms with van der Waals surface area (Å²) in [6.45, 7) is 6.66. The fourth-order valence-corrected chi connectivity index (χ4v) is 2.01. The fraction of sp³-hybridized carbons (Fsp3) is 0.500. The molecule has 23 heavy (non-hydrogen) atoms. The second-order valence-electron chi connectivity index (χ2n) is 5.35. The van der Waals surface area contributed by atoms with Crippen LogP contribution in [0, 0.1) is 0 Å². The van der Waals surface area contributed by atoms with E-state index in [1.54, 1.807) is 12.2 Å². The van der Waals surface area contributed by atoms with E-state index >= 15 is 0 Å². The summed E-state index contributed by atoms with van der Waals surface area (Å²) >= 11 is 0. The zero-order valence-corrected chi connectivity index (χ0v) is 14.6. The number of benzene rings is 1. The first-order chi connectivity index (χ1) is 11.1. The summed E-state index contributed by atoms with van der Waals surface area (Å²) in [5.41, 5.74) is 0.903. The van der Waals surface area contributed by atoms with Gasteiger partial charge < -0.3 is 19.7 Å². The van der Waals surface area contributed by atoms with E-state index in [4.69, 9.17) is 9.47 Å². The van der Waals surface area contributed by atoms with E-state index in [1.165, 1.54) is 0 Å². The van der Waals surface area contributed by atoms with E-state index in [2.05, 4.69) is 10.2 Å². The number of carbonyl (C=O) groups excluding carboxylic acids is 1. The smallest absolute Gasteiger partial charge is 0.243 e. The van der Waals surface area contributed by atoms with Gasteiger partial charge in [0, 0.05) is 12.6 Å². The Morgan fingerprint density at radius 1 is 1.17 bits per heavy atom. The lowest BCUT2D eigenvalue weighted by Crippen LogP contribution is -2.25. The molecular formula is C18H28N2O3. The van der Waals surface area contributed by atoms with Crippen LogP contribution in [0.3, 0.4) is 0 Å². The fourth-order valence-electron chi connectivity index (χ4n) is 2.01. The summed E-state index contributed by atoms with van der Waals surface area (Å²) in [6.07, 6.45) is 4.25. The first kappa shape index (κ1) is 19.0. The maximum Gasteiger partial charge on any atom is 0.243 e. The van der Waals surface area contributed by atoms with Crippen LogP contribution in [0.2, 0.25) is 0 Å². The minimum absolute atomic E-state index is 0.0874. The normalized spacial score (nSPS) is 11.0. The molecule has 0 saturated heterocycles. The monoisotopic (exact) mass is 320 g/mol. The first-order valence-corrected chi connectivity index (χ1v) is 8.07. The molecule has 1 amide bonds. The average Bonchev–Trinajstić information content (AvgIpc) is 2.52. The van der Waals surface area contributed by atoms with Crippen LogP contribution in [0.15, 0.2) is 24.3 Å². The first-order valence-electron chi connectivity index (χ1n) is 8.07. The lowest BCUT2D eigenvalue weighted by molar-refractivity contribution is -0.116. The molecule has 0 bridgehead atoms. The molecule has 1 aromatic carbocycles. The van der Waals surface area contributed by atoms with Crippen molar-refractivity contribution in [2.24, 2.45) is 0 Å². The van der Waals surface area contributed by atoms with Gasteiger partial charge in [-0.3, -0.25) is 4.79 Å². The van der Waals surface area contributed by atoms with Crippen LogP contribution in [-0.2, 0) is 4.79 Å². The van der Waals surface area contributed by atoms with Crippen LogP contribution in [0.4, 0.5) is 0 Å². The number of nitrogens with one attached hydrogen (secondary N) is 1. The molecule has 0 aliphatic heterocycles. The predicted octanol–water partition coefficient (Wildman–Crippen LogP) is 2.57. The molecule has 0 aliphatic rings.